The van der Waals surface area contributed by atoms with Crippen molar-refractivity contribution in [1.29, 1.82) is 0 Å². The average Bonchev–Trinajstić information content (AvgIpc) is 2.72. The molecule has 0 saturated carbocycles. The van der Waals surface area contributed by atoms with Crippen LogP contribution in [0, 0.1) is 0 Å². The second-order valence-electron chi connectivity index (χ2n) is 8.34. The van der Waals surface area contributed by atoms with Gasteiger partial charge in [-0.05, 0) is 19.3 Å². The molecule has 2 amide bonds. The van der Waals surface area contributed by atoms with Crippen molar-refractivity contribution in [2.24, 2.45) is 0 Å². The SMILES string of the molecule is CCCCCCCCCCCCCCCC(=O)N[C@@H](CCC(=O)NCCC)C(=O)O. The molecule has 30 heavy (non-hydrogen) atoms. The molecule has 0 aliphatic carbocycles. The Balaban J connectivity index is 3.65. The van der Waals surface area contributed by atoms with Gasteiger partial charge in [0.15, 0.2) is 0 Å². The highest BCUT2D eigenvalue weighted by atomic mass is 16.4. The van der Waals surface area contributed by atoms with Crippen LogP contribution in [0.3, 0.4) is 0 Å². The number of hydrogen-bond acceptors (Lipinski definition) is 3. The van der Waals surface area contributed by atoms with Gasteiger partial charge < -0.3 is 15.7 Å². The predicted molar refractivity (Wildman–Crippen MR) is 122 cm³/mol. The number of carbonyl (C=O) groups is 3. The zero-order valence-electron chi connectivity index (χ0n) is 19.5. The van der Waals surface area contributed by atoms with Gasteiger partial charge in [-0.2, -0.15) is 0 Å². The zero-order chi connectivity index (χ0) is 22.5. The van der Waals surface area contributed by atoms with Crippen molar-refractivity contribution in [1.82, 2.24) is 10.6 Å². The number of nitrogens with one attached hydrogen (secondary N) is 2. The quantitative estimate of drug-likeness (QED) is 0.216. The van der Waals surface area contributed by atoms with E-state index in [0.29, 0.717) is 13.0 Å². The third-order valence-corrected chi connectivity index (χ3v) is 5.37. The summed E-state index contributed by atoms with van der Waals surface area (Å²) in [5.41, 5.74) is 0. The summed E-state index contributed by atoms with van der Waals surface area (Å²) >= 11 is 0. The Morgan fingerprint density at radius 2 is 1.17 bits per heavy atom. The Morgan fingerprint density at radius 1 is 0.667 bits per heavy atom. The van der Waals surface area contributed by atoms with Crippen LogP contribution in [0.15, 0.2) is 0 Å². The van der Waals surface area contributed by atoms with Gasteiger partial charge in [0.1, 0.15) is 6.04 Å². The third kappa shape index (κ3) is 18.4. The number of unbranched alkanes of at least 4 members (excludes halogenated alkanes) is 12. The molecule has 0 aliphatic heterocycles. The fourth-order valence-corrected chi connectivity index (χ4v) is 3.46. The fraction of sp³-hybridized carbons (Fsp3) is 0.875. The molecule has 0 spiro atoms. The van der Waals surface area contributed by atoms with Gasteiger partial charge in [-0.15, -0.1) is 0 Å². The second-order valence-corrected chi connectivity index (χ2v) is 8.34. The van der Waals surface area contributed by atoms with E-state index in [4.69, 9.17) is 0 Å². The first-order chi connectivity index (χ1) is 14.5. The molecule has 0 bridgehead atoms. The van der Waals surface area contributed by atoms with Crippen molar-refractivity contribution in [3.05, 3.63) is 0 Å². The smallest absolute Gasteiger partial charge is 0.326 e. The molecule has 6 heteroatoms. The number of aliphatic carboxylic acids is 1. The molecule has 0 heterocycles. The van der Waals surface area contributed by atoms with E-state index in [9.17, 15) is 19.5 Å². The number of hydrogen-bond donors (Lipinski definition) is 3. The largest absolute Gasteiger partial charge is 0.480 e. The van der Waals surface area contributed by atoms with Crippen LogP contribution >= 0.6 is 0 Å². The minimum Gasteiger partial charge on any atom is -0.480 e. The van der Waals surface area contributed by atoms with Crippen molar-refractivity contribution in [3.8, 4) is 0 Å². The van der Waals surface area contributed by atoms with Crippen molar-refractivity contribution in [2.75, 3.05) is 6.54 Å². The lowest BCUT2D eigenvalue weighted by Gasteiger charge is -2.14. The van der Waals surface area contributed by atoms with Crippen LogP contribution in [0.5, 0.6) is 0 Å². The van der Waals surface area contributed by atoms with E-state index in [1.165, 1.54) is 64.2 Å². The molecule has 3 N–H and O–H groups in total. The second kappa shape index (κ2) is 20.7. The van der Waals surface area contributed by atoms with Crippen molar-refractivity contribution in [2.45, 2.75) is 129 Å². The normalized spacial score (nSPS) is 11.8. The van der Waals surface area contributed by atoms with E-state index in [0.717, 1.165) is 25.7 Å². The highest BCUT2D eigenvalue weighted by Gasteiger charge is 2.20. The molecule has 0 aromatic heterocycles. The summed E-state index contributed by atoms with van der Waals surface area (Å²) in [6.07, 6.45) is 17.6. The van der Waals surface area contributed by atoms with Gasteiger partial charge in [0.2, 0.25) is 11.8 Å². The molecule has 0 saturated heterocycles. The van der Waals surface area contributed by atoms with Gasteiger partial charge in [-0.3, -0.25) is 9.59 Å². The topological polar surface area (TPSA) is 95.5 Å². The first-order valence-electron chi connectivity index (χ1n) is 12.3. The number of rotatable bonds is 21. The monoisotopic (exact) mass is 426 g/mol. The molecule has 0 aliphatic rings. The Kier molecular flexibility index (Phi) is 19.6. The molecular weight excluding hydrogens is 380 g/mol. The fourth-order valence-electron chi connectivity index (χ4n) is 3.46. The maximum absolute atomic E-state index is 12.0. The number of amides is 2. The Bertz CT molecular complexity index is 454. The minimum atomic E-state index is -1.09. The van der Waals surface area contributed by atoms with Gasteiger partial charge in [0, 0.05) is 19.4 Å². The van der Waals surface area contributed by atoms with Crippen molar-refractivity contribution in [3.63, 3.8) is 0 Å². The first kappa shape index (κ1) is 28.4. The maximum atomic E-state index is 12.0. The van der Waals surface area contributed by atoms with E-state index in [2.05, 4.69) is 17.6 Å². The highest BCUT2D eigenvalue weighted by molar-refractivity contribution is 5.84. The zero-order valence-corrected chi connectivity index (χ0v) is 19.5. The molecule has 0 unspecified atom stereocenters. The summed E-state index contributed by atoms with van der Waals surface area (Å²) in [6, 6.07) is -0.994. The van der Waals surface area contributed by atoms with Crippen LogP contribution in [0.4, 0.5) is 0 Å². The molecule has 0 aromatic carbocycles. The summed E-state index contributed by atoms with van der Waals surface area (Å²) in [7, 11) is 0. The van der Waals surface area contributed by atoms with Crippen LogP contribution in [-0.4, -0.2) is 35.5 Å². The van der Waals surface area contributed by atoms with Gasteiger partial charge in [0.25, 0.3) is 0 Å². The van der Waals surface area contributed by atoms with Crippen LogP contribution < -0.4 is 10.6 Å². The molecule has 176 valence electrons. The Hall–Kier alpha value is -1.59. The standard InChI is InChI=1S/C24H46N2O4/c1-3-5-6-7-8-9-10-11-12-13-14-15-16-17-23(28)26-21(24(29)30)18-19-22(27)25-20-4-2/h21H,3-20H2,1-2H3,(H,25,27)(H,26,28)(H,29,30)/t21-/m0/s1. The van der Waals surface area contributed by atoms with Crippen LogP contribution in [-0.2, 0) is 14.4 Å². The maximum Gasteiger partial charge on any atom is 0.326 e. The number of carboxylic acid groups (broad SMARTS) is 1. The highest BCUT2D eigenvalue weighted by Crippen LogP contribution is 2.13. The summed E-state index contributed by atoms with van der Waals surface area (Å²) < 4.78 is 0. The molecule has 0 aromatic rings. The average molecular weight is 427 g/mol. The van der Waals surface area contributed by atoms with E-state index in [1.54, 1.807) is 0 Å². The number of carbonyl (C=O) groups excluding carboxylic acids is 2. The lowest BCUT2D eigenvalue weighted by molar-refractivity contribution is -0.142. The summed E-state index contributed by atoms with van der Waals surface area (Å²) in [4.78, 5) is 34.9. The van der Waals surface area contributed by atoms with E-state index >= 15 is 0 Å². The van der Waals surface area contributed by atoms with Crippen LogP contribution in [0.1, 0.15) is 123 Å². The minimum absolute atomic E-state index is 0.107. The lowest BCUT2D eigenvalue weighted by atomic mass is 10.0. The van der Waals surface area contributed by atoms with Crippen LogP contribution in [0.2, 0.25) is 0 Å². The van der Waals surface area contributed by atoms with Crippen LogP contribution in [0.25, 0.3) is 0 Å². The molecule has 0 radical (unpaired) electrons. The summed E-state index contributed by atoms with van der Waals surface area (Å²) in [6.45, 7) is 4.79. The lowest BCUT2D eigenvalue weighted by Crippen LogP contribution is -2.41. The number of carboxylic acids is 1. The van der Waals surface area contributed by atoms with E-state index in [1.807, 2.05) is 6.92 Å². The van der Waals surface area contributed by atoms with E-state index < -0.39 is 12.0 Å². The molecule has 0 rings (SSSR count). The van der Waals surface area contributed by atoms with Crippen molar-refractivity contribution >= 4 is 17.8 Å². The first-order valence-corrected chi connectivity index (χ1v) is 12.3. The Morgan fingerprint density at radius 3 is 1.63 bits per heavy atom. The summed E-state index contributed by atoms with van der Waals surface area (Å²) in [5, 5.41) is 14.5. The molecule has 0 fully saturated rings. The van der Waals surface area contributed by atoms with Crippen molar-refractivity contribution < 1.29 is 19.5 Å². The van der Waals surface area contributed by atoms with Gasteiger partial charge >= 0.3 is 5.97 Å². The van der Waals surface area contributed by atoms with Gasteiger partial charge in [0.05, 0.1) is 0 Å². The van der Waals surface area contributed by atoms with Gasteiger partial charge in [-0.1, -0.05) is 90.9 Å². The predicted octanol–water partition coefficient (Wildman–Crippen LogP) is 5.34. The Labute approximate surface area is 184 Å². The van der Waals surface area contributed by atoms with Gasteiger partial charge in [-0.25, -0.2) is 4.79 Å². The molecule has 1 atom stereocenters. The van der Waals surface area contributed by atoms with E-state index in [-0.39, 0.29) is 24.7 Å². The summed E-state index contributed by atoms with van der Waals surface area (Å²) in [5.74, 6) is -1.50. The third-order valence-electron chi connectivity index (χ3n) is 5.37. The molecular formula is C24H46N2O4. The molecule has 6 nitrogen and oxygen atoms in total.